The maximum atomic E-state index is 11.7. The number of nitrogens with zero attached hydrogens (tertiary/aromatic N) is 1. The van der Waals surface area contributed by atoms with E-state index in [1.165, 1.54) is 0 Å². The van der Waals surface area contributed by atoms with Gasteiger partial charge in [0.1, 0.15) is 5.76 Å². The second kappa shape index (κ2) is 5.52. The molecule has 2 N–H and O–H groups in total. The van der Waals surface area contributed by atoms with Crippen LogP contribution in [0.3, 0.4) is 0 Å². The molecule has 2 rings (SSSR count). The lowest BCUT2D eigenvalue weighted by atomic mass is 9.82. The Morgan fingerprint density at radius 3 is 2.78 bits per heavy atom. The molecule has 0 atom stereocenters. The fourth-order valence-corrected chi connectivity index (χ4v) is 2.31. The average molecular weight is 252 g/mol. The molecule has 1 heterocycles. The van der Waals surface area contributed by atoms with Gasteiger partial charge >= 0.3 is 0 Å². The molecule has 0 spiro atoms. The molecule has 5 nitrogen and oxygen atoms in total. The third-order valence-corrected chi connectivity index (χ3v) is 3.58. The molecule has 0 saturated heterocycles. The van der Waals surface area contributed by atoms with E-state index in [4.69, 9.17) is 9.63 Å². The number of hydrogen-bond acceptors (Lipinski definition) is 4. The minimum Gasteiger partial charge on any atom is -0.393 e. The second-order valence-corrected chi connectivity index (χ2v) is 5.10. The molecular weight excluding hydrogens is 232 g/mol. The molecule has 0 aliphatic heterocycles. The Bertz CT molecular complexity index is 402. The van der Waals surface area contributed by atoms with Crippen LogP contribution in [0.1, 0.15) is 36.3 Å². The molecule has 0 unspecified atom stereocenters. The van der Waals surface area contributed by atoms with Crippen molar-refractivity contribution in [2.45, 2.75) is 45.6 Å². The number of aryl methyl sites for hydroxylation is 2. The normalized spacial score (nSPS) is 22.6. The smallest absolute Gasteiger partial charge is 0.220 e. The van der Waals surface area contributed by atoms with Crippen LogP contribution in [0.25, 0.3) is 0 Å². The highest BCUT2D eigenvalue weighted by atomic mass is 16.5. The predicted octanol–water partition coefficient (Wildman–Crippen LogP) is 1.11. The molecule has 1 amide bonds. The van der Waals surface area contributed by atoms with Crippen LogP contribution in [0.4, 0.5) is 0 Å². The summed E-state index contributed by atoms with van der Waals surface area (Å²) in [7, 11) is 0. The third-order valence-electron chi connectivity index (χ3n) is 3.58. The summed E-state index contributed by atoms with van der Waals surface area (Å²) >= 11 is 0. The molecule has 1 aliphatic rings. The lowest BCUT2D eigenvalue weighted by molar-refractivity contribution is -0.121. The first-order valence-corrected chi connectivity index (χ1v) is 6.42. The average Bonchev–Trinajstić information content (AvgIpc) is 2.60. The van der Waals surface area contributed by atoms with Gasteiger partial charge in [-0.15, -0.1) is 0 Å². The Labute approximate surface area is 107 Å². The molecule has 1 aromatic rings. The Hall–Kier alpha value is -1.36. The maximum absolute atomic E-state index is 11.7. The highest BCUT2D eigenvalue weighted by molar-refractivity contribution is 5.76. The molecule has 100 valence electrons. The van der Waals surface area contributed by atoms with Crippen LogP contribution in [-0.2, 0) is 11.2 Å². The summed E-state index contributed by atoms with van der Waals surface area (Å²) in [5, 5.41) is 15.9. The van der Waals surface area contributed by atoms with Crippen molar-refractivity contribution in [3.05, 3.63) is 17.0 Å². The fraction of sp³-hybridized carbons (Fsp3) is 0.692. The van der Waals surface area contributed by atoms with Crippen molar-refractivity contribution in [3.63, 3.8) is 0 Å². The monoisotopic (exact) mass is 252 g/mol. The predicted molar refractivity (Wildman–Crippen MR) is 66.0 cm³/mol. The first-order valence-electron chi connectivity index (χ1n) is 6.42. The number of nitrogens with one attached hydrogen (secondary N) is 1. The number of carbonyl (C=O) groups excluding carboxylic acids is 1. The van der Waals surface area contributed by atoms with E-state index in [2.05, 4.69) is 10.5 Å². The van der Waals surface area contributed by atoms with Gasteiger partial charge in [0.15, 0.2) is 0 Å². The molecule has 1 aromatic heterocycles. The van der Waals surface area contributed by atoms with Gasteiger partial charge in [0.25, 0.3) is 0 Å². The van der Waals surface area contributed by atoms with Gasteiger partial charge in [-0.05, 0) is 39.0 Å². The van der Waals surface area contributed by atoms with E-state index in [1.54, 1.807) is 0 Å². The molecule has 0 bridgehead atoms. The van der Waals surface area contributed by atoms with Crippen LogP contribution in [0.5, 0.6) is 0 Å². The van der Waals surface area contributed by atoms with Crippen molar-refractivity contribution in [3.8, 4) is 0 Å². The quantitative estimate of drug-likeness (QED) is 0.823. The van der Waals surface area contributed by atoms with E-state index in [9.17, 15) is 4.79 Å². The van der Waals surface area contributed by atoms with Crippen molar-refractivity contribution in [2.75, 3.05) is 6.54 Å². The van der Waals surface area contributed by atoms with Gasteiger partial charge in [-0.3, -0.25) is 4.79 Å². The molecular formula is C13H20N2O3. The minimum absolute atomic E-state index is 0.0522. The number of hydrogen-bond donors (Lipinski definition) is 2. The van der Waals surface area contributed by atoms with Crippen LogP contribution in [-0.4, -0.2) is 28.8 Å². The number of aliphatic hydroxyl groups is 1. The summed E-state index contributed by atoms with van der Waals surface area (Å²) in [5.41, 5.74) is 1.90. The Morgan fingerprint density at radius 2 is 2.22 bits per heavy atom. The number of rotatable bonds is 5. The first-order chi connectivity index (χ1) is 8.56. The molecule has 0 aromatic carbocycles. The van der Waals surface area contributed by atoms with Crippen LogP contribution in [0.2, 0.25) is 0 Å². The Balaban J connectivity index is 1.69. The van der Waals surface area contributed by atoms with Crippen LogP contribution >= 0.6 is 0 Å². The van der Waals surface area contributed by atoms with Gasteiger partial charge in [-0.2, -0.15) is 0 Å². The van der Waals surface area contributed by atoms with E-state index in [1.807, 2.05) is 13.8 Å². The molecule has 1 fully saturated rings. The number of aromatic nitrogens is 1. The SMILES string of the molecule is Cc1noc(C)c1CCC(=O)NCC1CC(O)C1. The zero-order valence-corrected chi connectivity index (χ0v) is 10.9. The highest BCUT2D eigenvalue weighted by Crippen LogP contribution is 2.26. The zero-order chi connectivity index (χ0) is 13.1. The number of carbonyl (C=O) groups is 1. The highest BCUT2D eigenvalue weighted by Gasteiger charge is 2.27. The molecule has 1 saturated carbocycles. The van der Waals surface area contributed by atoms with Gasteiger partial charge in [0.05, 0.1) is 11.8 Å². The molecule has 18 heavy (non-hydrogen) atoms. The van der Waals surface area contributed by atoms with E-state index in [-0.39, 0.29) is 12.0 Å². The first kappa shape index (κ1) is 13.1. The third kappa shape index (κ3) is 3.10. The summed E-state index contributed by atoms with van der Waals surface area (Å²) < 4.78 is 5.05. The van der Waals surface area contributed by atoms with Crippen LogP contribution in [0, 0.1) is 19.8 Å². The van der Waals surface area contributed by atoms with Gasteiger partial charge in [0, 0.05) is 18.5 Å². The zero-order valence-electron chi connectivity index (χ0n) is 10.9. The van der Waals surface area contributed by atoms with Gasteiger partial charge in [-0.25, -0.2) is 0 Å². The van der Waals surface area contributed by atoms with Crippen LogP contribution < -0.4 is 5.32 Å². The topological polar surface area (TPSA) is 75.4 Å². The summed E-state index contributed by atoms with van der Waals surface area (Å²) in [6.45, 7) is 4.43. The van der Waals surface area contributed by atoms with Gasteiger partial charge in [-0.1, -0.05) is 5.16 Å². The Morgan fingerprint density at radius 1 is 1.50 bits per heavy atom. The molecule has 0 radical (unpaired) electrons. The van der Waals surface area contributed by atoms with Crippen molar-refractivity contribution in [1.29, 1.82) is 0 Å². The van der Waals surface area contributed by atoms with Crippen molar-refractivity contribution >= 4 is 5.91 Å². The summed E-state index contributed by atoms with van der Waals surface area (Å²) in [4.78, 5) is 11.7. The van der Waals surface area contributed by atoms with E-state index in [0.717, 1.165) is 29.9 Å². The largest absolute Gasteiger partial charge is 0.393 e. The molecule has 5 heteroatoms. The van der Waals surface area contributed by atoms with E-state index < -0.39 is 0 Å². The summed E-state index contributed by atoms with van der Waals surface area (Å²) in [6.07, 6.45) is 2.58. The minimum atomic E-state index is -0.158. The maximum Gasteiger partial charge on any atom is 0.220 e. The van der Waals surface area contributed by atoms with Crippen LogP contribution in [0.15, 0.2) is 4.52 Å². The van der Waals surface area contributed by atoms with Crippen molar-refractivity contribution in [1.82, 2.24) is 10.5 Å². The number of aliphatic hydroxyl groups excluding tert-OH is 1. The summed E-state index contributed by atoms with van der Waals surface area (Å²) in [6, 6.07) is 0. The van der Waals surface area contributed by atoms with Gasteiger partial charge in [0.2, 0.25) is 5.91 Å². The number of amides is 1. The van der Waals surface area contributed by atoms with E-state index in [0.29, 0.717) is 25.3 Å². The Kier molecular flexibility index (Phi) is 4.01. The lowest BCUT2D eigenvalue weighted by Gasteiger charge is -2.31. The molecule has 1 aliphatic carbocycles. The van der Waals surface area contributed by atoms with Gasteiger partial charge < -0.3 is 14.9 Å². The lowest BCUT2D eigenvalue weighted by Crippen LogP contribution is -2.38. The second-order valence-electron chi connectivity index (χ2n) is 5.10. The van der Waals surface area contributed by atoms with E-state index >= 15 is 0 Å². The fourth-order valence-electron chi connectivity index (χ4n) is 2.31. The standard InChI is InChI=1S/C13H20N2O3/c1-8-12(9(2)18-15-8)3-4-13(17)14-7-10-5-11(16)6-10/h10-11,16H,3-7H2,1-2H3,(H,14,17). The van der Waals surface area contributed by atoms with Crippen molar-refractivity contribution in [2.24, 2.45) is 5.92 Å². The summed E-state index contributed by atoms with van der Waals surface area (Å²) in [5.74, 6) is 1.29. The van der Waals surface area contributed by atoms with Crippen molar-refractivity contribution < 1.29 is 14.4 Å².